The number of morpholine rings is 1. The summed E-state index contributed by atoms with van der Waals surface area (Å²) in [5, 5.41) is 10.7. The number of quaternary nitrogens is 1. The van der Waals surface area contributed by atoms with Gasteiger partial charge >= 0.3 is 0 Å². The number of carbonyl (C=O) groups excluding carboxylic acids is 2. The van der Waals surface area contributed by atoms with E-state index in [0.717, 1.165) is 19.3 Å². The van der Waals surface area contributed by atoms with Crippen LogP contribution in [-0.4, -0.2) is 111 Å². The van der Waals surface area contributed by atoms with Crippen LogP contribution in [0.2, 0.25) is 0 Å². The molecule has 13 nitrogen and oxygen atoms in total. The van der Waals surface area contributed by atoms with E-state index in [2.05, 4.69) is 32.1 Å². The summed E-state index contributed by atoms with van der Waals surface area (Å²) in [5.74, 6) is 0.126. The van der Waals surface area contributed by atoms with Crippen molar-refractivity contribution in [3.63, 3.8) is 0 Å². The molecule has 0 aromatic rings. The maximum Gasteiger partial charge on any atom is 0.236 e. The van der Waals surface area contributed by atoms with Gasteiger partial charge in [-0.2, -0.15) is 5.48 Å². The molecule has 6 aliphatic rings. The first-order chi connectivity index (χ1) is 19.0. The minimum absolute atomic E-state index is 0.0533. The molecule has 0 aromatic heterocycles. The molecule has 0 spiro atoms. The highest BCUT2D eigenvalue weighted by Gasteiger charge is 2.51. The van der Waals surface area contributed by atoms with Crippen molar-refractivity contribution in [2.45, 2.75) is 93.2 Å². The molecule has 0 aromatic carbocycles. The molecule has 218 valence electrons. The number of primary amides is 1. The third-order valence-electron chi connectivity index (χ3n) is 9.25. The van der Waals surface area contributed by atoms with Crippen LogP contribution in [0.5, 0.6) is 0 Å². The number of hydrogen-bond acceptors (Lipinski definition) is 11. The second-order valence-electron chi connectivity index (χ2n) is 11.9. The second kappa shape index (κ2) is 12.0. The summed E-state index contributed by atoms with van der Waals surface area (Å²) in [6, 6.07) is 0.296. The summed E-state index contributed by atoms with van der Waals surface area (Å²) in [6.45, 7) is 3.72. The number of hydroxylamine groups is 1. The Morgan fingerprint density at radius 2 is 1.95 bits per heavy atom. The van der Waals surface area contributed by atoms with Gasteiger partial charge in [0.2, 0.25) is 5.91 Å². The molecule has 9 N–H and O–H groups in total. The Morgan fingerprint density at radius 3 is 2.74 bits per heavy atom. The van der Waals surface area contributed by atoms with Gasteiger partial charge in [0.25, 0.3) is 0 Å². The normalized spacial score (nSPS) is 43.1. The number of fused-ring (bicyclic) bond motifs is 1. The Hall–Kier alpha value is -1.84. The molecule has 0 radical (unpaired) electrons. The summed E-state index contributed by atoms with van der Waals surface area (Å²) in [4.78, 5) is 33.1. The fraction of sp³-hybridized carbons (Fsp3) is 0.846. The average molecular weight is 551 g/mol. The Morgan fingerprint density at radius 1 is 1.13 bits per heavy atom. The number of nitrogens with zero attached hydrogens (tertiary/aromatic N) is 1. The zero-order valence-corrected chi connectivity index (χ0v) is 22.5. The van der Waals surface area contributed by atoms with Gasteiger partial charge in [-0.05, 0) is 19.3 Å². The van der Waals surface area contributed by atoms with Gasteiger partial charge in [-0.1, -0.05) is 6.42 Å². The highest BCUT2D eigenvalue weighted by molar-refractivity contribution is 5.95. The number of ether oxygens (including phenoxy) is 3. The largest absolute Gasteiger partial charge is 0.472 e. The molecule has 1 aliphatic carbocycles. The lowest BCUT2D eigenvalue weighted by atomic mass is 9.88. The summed E-state index contributed by atoms with van der Waals surface area (Å²) < 4.78 is 17.7. The van der Waals surface area contributed by atoms with Crippen LogP contribution in [0.1, 0.15) is 38.5 Å². The van der Waals surface area contributed by atoms with Gasteiger partial charge in [0.1, 0.15) is 18.4 Å². The SMILES string of the molecule is NC(=O)C1NCC(N[C@H]2CCCC[C@H]2[NH3+])CC1NC1CC(C2COC3C(=O)C=C(N4CCOCC4)OC32)NO1. The summed E-state index contributed by atoms with van der Waals surface area (Å²) in [6.07, 6.45) is 6.44. The average Bonchev–Trinajstić information content (AvgIpc) is 3.58. The molecule has 5 fully saturated rings. The summed E-state index contributed by atoms with van der Waals surface area (Å²) >= 11 is 0. The second-order valence-corrected chi connectivity index (χ2v) is 11.9. The van der Waals surface area contributed by atoms with E-state index in [1.807, 2.05) is 0 Å². The number of nitrogens with two attached hydrogens (primary N) is 1. The number of carbonyl (C=O) groups is 2. The number of piperidine rings is 1. The number of ketones is 1. The molecule has 1 saturated carbocycles. The Bertz CT molecular complexity index is 932. The minimum Gasteiger partial charge on any atom is -0.472 e. The van der Waals surface area contributed by atoms with Crippen molar-refractivity contribution in [3.8, 4) is 0 Å². The van der Waals surface area contributed by atoms with Crippen LogP contribution in [0, 0.1) is 5.92 Å². The van der Waals surface area contributed by atoms with E-state index >= 15 is 0 Å². The van der Waals surface area contributed by atoms with Gasteiger partial charge in [0.05, 0.1) is 31.9 Å². The van der Waals surface area contributed by atoms with Crippen molar-refractivity contribution in [1.82, 2.24) is 26.3 Å². The van der Waals surface area contributed by atoms with Crippen LogP contribution in [0.4, 0.5) is 0 Å². The number of hydrogen-bond donors (Lipinski definition) is 6. The van der Waals surface area contributed by atoms with E-state index in [9.17, 15) is 9.59 Å². The van der Waals surface area contributed by atoms with E-state index < -0.39 is 12.1 Å². The lowest BCUT2D eigenvalue weighted by Gasteiger charge is -2.40. The van der Waals surface area contributed by atoms with Crippen LogP contribution in [0.25, 0.3) is 0 Å². The van der Waals surface area contributed by atoms with Crippen LogP contribution < -0.4 is 32.9 Å². The van der Waals surface area contributed by atoms with Gasteiger partial charge in [0.15, 0.2) is 17.8 Å². The van der Waals surface area contributed by atoms with Crippen molar-refractivity contribution in [2.24, 2.45) is 11.7 Å². The molecule has 13 heteroatoms. The molecule has 0 bridgehead atoms. The molecule has 6 rings (SSSR count). The first-order valence-electron chi connectivity index (χ1n) is 14.6. The molecular weight excluding hydrogens is 506 g/mol. The highest BCUT2D eigenvalue weighted by atomic mass is 16.7. The molecule has 5 heterocycles. The zero-order chi connectivity index (χ0) is 26.9. The van der Waals surface area contributed by atoms with Gasteiger partial charge in [-0.25, -0.2) is 0 Å². The Kier molecular flexibility index (Phi) is 8.38. The van der Waals surface area contributed by atoms with Crippen LogP contribution >= 0.6 is 0 Å². The topological polar surface area (TPSA) is 176 Å². The molecule has 39 heavy (non-hydrogen) atoms. The van der Waals surface area contributed by atoms with Gasteiger partial charge in [-0.3, -0.25) is 19.7 Å². The maximum absolute atomic E-state index is 12.8. The molecule has 1 amide bonds. The number of nitrogens with one attached hydrogen (secondary N) is 4. The Balaban J connectivity index is 1.06. The minimum atomic E-state index is -0.598. The van der Waals surface area contributed by atoms with E-state index in [1.165, 1.54) is 12.8 Å². The quantitative estimate of drug-likeness (QED) is 0.191. The first kappa shape index (κ1) is 27.3. The van der Waals surface area contributed by atoms with Crippen LogP contribution in [-0.2, 0) is 28.6 Å². The lowest BCUT2D eigenvalue weighted by molar-refractivity contribution is -0.431. The predicted molar refractivity (Wildman–Crippen MR) is 138 cm³/mol. The van der Waals surface area contributed by atoms with Crippen molar-refractivity contribution >= 4 is 11.7 Å². The number of amides is 1. The molecule has 8 unspecified atom stereocenters. The summed E-state index contributed by atoms with van der Waals surface area (Å²) in [5.41, 5.74) is 13.3. The fourth-order valence-electron chi connectivity index (χ4n) is 7.05. The summed E-state index contributed by atoms with van der Waals surface area (Å²) in [7, 11) is 0. The predicted octanol–water partition coefficient (Wildman–Crippen LogP) is -2.92. The van der Waals surface area contributed by atoms with Gasteiger partial charge < -0.3 is 41.2 Å². The smallest absolute Gasteiger partial charge is 0.236 e. The van der Waals surface area contributed by atoms with Crippen LogP contribution in [0.15, 0.2) is 12.0 Å². The maximum atomic E-state index is 12.8. The van der Waals surface area contributed by atoms with Crippen molar-refractivity contribution in [2.75, 3.05) is 39.5 Å². The Labute approximate surface area is 229 Å². The van der Waals surface area contributed by atoms with Crippen molar-refractivity contribution in [3.05, 3.63) is 12.0 Å². The molecule has 5 aliphatic heterocycles. The third-order valence-corrected chi connectivity index (χ3v) is 9.25. The molecule has 10 atom stereocenters. The highest BCUT2D eigenvalue weighted by Crippen LogP contribution is 2.36. The molecule has 4 saturated heterocycles. The van der Waals surface area contributed by atoms with Gasteiger partial charge in [0, 0.05) is 62.6 Å². The number of rotatable bonds is 7. The van der Waals surface area contributed by atoms with Crippen molar-refractivity contribution in [1.29, 1.82) is 0 Å². The van der Waals surface area contributed by atoms with E-state index in [-0.39, 0.29) is 48.1 Å². The third kappa shape index (κ3) is 5.96. The van der Waals surface area contributed by atoms with E-state index in [0.29, 0.717) is 63.8 Å². The van der Waals surface area contributed by atoms with Crippen molar-refractivity contribution < 1.29 is 34.4 Å². The lowest BCUT2D eigenvalue weighted by Crippen LogP contribution is -2.72. The molecular formula is C26H44N7O6+. The standard InChI is InChI=1S/C26H43N7O6/c27-16-3-1-2-4-17(16)30-14-9-19(23(26(28)35)29-12-14)31-21-10-18(32-39-21)15-13-37-25-20(34)11-22(38-24(15)25)33-5-7-36-8-6-33/h11,14-19,21,23-25,29-32H,1-10,12-13,27H2,(H2,28,35)/p+1/t14?,15?,16-,17+,18?,19?,21?,23?,24?,25?/m1/s1. The van der Waals surface area contributed by atoms with E-state index in [1.54, 1.807) is 6.08 Å². The van der Waals surface area contributed by atoms with Gasteiger partial charge in [-0.15, -0.1) is 0 Å². The first-order valence-corrected chi connectivity index (χ1v) is 14.6. The van der Waals surface area contributed by atoms with E-state index in [4.69, 9.17) is 24.8 Å². The van der Waals surface area contributed by atoms with Crippen LogP contribution in [0.3, 0.4) is 0 Å². The zero-order valence-electron chi connectivity index (χ0n) is 22.5. The monoisotopic (exact) mass is 550 g/mol. The fourth-order valence-corrected chi connectivity index (χ4v) is 7.05.